The number of carbonyl (C=O) groups excluding carboxylic acids is 1. The number of rotatable bonds is 5. The van der Waals surface area contributed by atoms with Gasteiger partial charge in [-0.25, -0.2) is 0 Å². The first-order valence-electron chi connectivity index (χ1n) is 8.09. The van der Waals surface area contributed by atoms with Crippen LogP contribution in [0.25, 0.3) is 10.2 Å². The maximum atomic E-state index is 12.6. The number of amides is 1. The van der Waals surface area contributed by atoms with Crippen LogP contribution in [0.1, 0.15) is 17.3 Å². The third-order valence-corrected chi connectivity index (χ3v) is 5.53. The highest BCUT2D eigenvalue weighted by Crippen LogP contribution is 2.23. The molecule has 6 heteroatoms. The van der Waals surface area contributed by atoms with Crippen molar-refractivity contribution in [1.29, 1.82) is 0 Å². The first-order valence-corrected chi connectivity index (χ1v) is 10.1. The van der Waals surface area contributed by atoms with Crippen LogP contribution in [-0.4, -0.2) is 23.3 Å². The maximum absolute atomic E-state index is 12.6. The minimum atomic E-state index is -0.278. The van der Waals surface area contributed by atoms with E-state index in [1.54, 1.807) is 23.9 Å². The van der Waals surface area contributed by atoms with E-state index in [0.717, 1.165) is 20.9 Å². The molecule has 1 heterocycles. The fraction of sp³-hybridized carbons (Fsp3) is 0.200. The summed E-state index contributed by atoms with van der Waals surface area (Å²) >= 11 is 3.06. The Bertz CT molecular complexity index is 1040. The summed E-state index contributed by atoms with van der Waals surface area (Å²) in [7, 11) is 0. The van der Waals surface area contributed by atoms with Crippen LogP contribution in [-0.2, 0) is 6.54 Å². The Morgan fingerprint density at radius 3 is 2.73 bits per heavy atom. The lowest BCUT2D eigenvalue weighted by Crippen LogP contribution is -2.16. The van der Waals surface area contributed by atoms with Crippen LogP contribution in [0.2, 0.25) is 0 Å². The van der Waals surface area contributed by atoms with E-state index in [1.807, 2.05) is 48.1 Å². The molecule has 0 saturated carbocycles. The summed E-state index contributed by atoms with van der Waals surface area (Å²) in [4.78, 5) is 18.6. The molecule has 3 rings (SSSR count). The summed E-state index contributed by atoms with van der Waals surface area (Å²) in [6, 6.07) is 13.2. The molecule has 0 radical (unpaired) electrons. The van der Waals surface area contributed by atoms with Gasteiger partial charge in [0, 0.05) is 10.5 Å². The average molecular weight is 383 g/mol. The second-order valence-electron chi connectivity index (χ2n) is 5.38. The van der Waals surface area contributed by atoms with Crippen molar-refractivity contribution in [2.75, 3.05) is 12.9 Å². The number of carbonyl (C=O) groups is 1. The van der Waals surface area contributed by atoms with Gasteiger partial charge in [-0.1, -0.05) is 17.3 Å². The van der Waals surface area contributed by atoms with E-state index < -0.39 is 0 Å². The van der Waals surface area contributed by atoms with Crippen LogP contribution < -0.4 is 9.54 Å². The quantitative estimate of drug-likeness (QED) is 0.491. The van der Waals surface area contributed by atoms with Gasteiger partial charge in [0.2, 0.25) is 0 Å². The third-order valence-electron chi connectivity index (χ3n) is 3.75. The fourth-order valence-electron chi connectivity index (χ4n) is 2.52. The topological polar surface area (TPSA) is 43.6 Å². The Labute approximate surface area is 160 Å². The Kier molecular flexibility index (Phi) is 5.82. The highest BCUT2D eigenvalue weighted by atomic mass is 32.2. The summed E-state index contributed by atoms with van der Waals surface area (Å²) in [6.45, 7) is 2.90. The SMILES string of the molecule is C#CCn1c(=NC(=O)c2ccc(SC)cc2)sc2cc(OCC)ccc21. The van der Waals surface area contributed by atoms with Gasteiger partial charge in [0.1, 0.15) is 5.75 Å². The van der Waals surface area contributed by atoms with Crippen molar-refractivity contribution in [3.8, 4) is 18.1 Å². The van der Waals surface area contributed by atoms with Crippen molar-refractivity contribution in [2.24, 2.45) is 4.99 Å². The molecule has 2 aromatic carbocycles. The number of thioether (sulfide) groups is 1. The van der Waals surface area contributed by atoms with Crippen molar-refractivity contribution >= 4 is 39.2 Å². The maximum Gasteiger partial charge on any atom is 0.279 e. The van der Waals surface area contributed by atoms with E-state index in [2.05, 4.69) is 10.9 Å². The minimum Gasteiger partial charge on any atom is -0.494 e. The summed E-state index contributed by atoms with van der Waals surface area (Å²) in [5.74, 6) is 3.15. The standard InChI is InChI=1S/C20H18N2O2S2/c1-4-12-22-17-11-8-15(24-5-2)13-18(17)26-20(22)21-19(23)14-6-9-16(25-3)10-7-14/h1,6-11,13H,5,12H2,2-3H3. The molecule has 0 saturated heterocycles. The normalized spacial score (nSPS) is 11.5. The van der Waals surface area contributed by atoms with Gasteiger partial charge >= 0.3 is 0 Å². The van der Waals surface area contributed by atoms with Crippen molar-refractivity contribution in [3.05, 3.63) is 52.8 Å². The van der Waals surface area contributed by atoms with Crippen molar-refractivity contribution in [1.82, 2.24) is 4.57 Å². The molecule has 0 bridgehead atoms. The minimum absolute atomic E-state index is 0.278. The van der Waals surface area contributed by atoms with Gasteiger partial charge in [-0.05, 0) is 55.6 Å². The molecule has 0 aliphatic rings. The van der Waals surface area contributed by atoms with Gasteiger partial charge < -0.3 is 9.30 Å². The second-order valence-corrected chi connectivity index (χ2v) is 7.27. The van der Waals surface area contributed by atoms with Gasteiger partial charge in [-0.15, -0.1) is 18.2 Å². The van der Waals surface area contributed by atoms with Crippen LogP contribution in [0.4, 0.5) is 0 Å². The van der Waals surface area contributed by atoms with Gasteiger partial charge in [0.25, 0.3) is 5.91 Å². The summed E-state index contributed by atoms with van der Waals surface area (Å²) in [5, 5.41) is 0. The molecule has 3 aromatic rings. The van der Waals surface area contributed by atoms with Crippen molar-refractivity contribution in [2.45, 2.75) is 18.4 Å². The lowest BCUT2D eigenvalue weighted by molar-refractivity contribution is 0.0998. The Hall–Kier alpha value is -2.49. The molecule has 0 N–H and O–H groups in total. The molecule has 0 aliphatic heterocycles. The van der Waals surface area contributed by atoms with Crippen molar-refractivity contribution < 1.29 is 9.53 Å². The zero-order chi connectivity index (χ0) is 18.5. The first kappa shape index (κ1) is 18.3. The Morgan fingerprint density at radius 1 is 1.31 bits per heavy atom. The average Bonchev–Trinajstić information content (AvgIpc) is 2.99. The number of hydrogen-bond donors (Lipinski definition) is 0. The van der Waals surface area contributed by atoms with Gasteiger partial charge in [0.15, 0.2) is 4.80 Å². The number of thiazole rings is 1. The highest BCUT2D eigenvalue weighted by Gasteiger charge is 2.10. The Balaban J connectivity index is 2.06. The molecule has 4 nitrogen and oxygen atoms in total. The Morgan fingerprint density at radius 2 is 2.08 bits per heavy atom. The largest absolute Gasteiger partial charge is 0.494 e. The molecular weight excluding hydrogens is 364 g/mol. The molecule has 1 amide bonds. The molecule has 0 fully saturated rings. The second kappa shape index (κ2) is 8.26. The van der Waals surface area contributed by atoms with E-state index in [4.69, 9.17) is 11.2 Å². The predicted molar refractivity (Wildman–Crippen MR) is 108 cm³/mol. The molecule has 132 valence electrons. The third kappa shape index (κ3) is 3.85. The van der Waals surface area contributed by atoms with E-state index in [1.165, 1.54) is 11.3 Å². The lowest BCUT2D eigenvalue weighted by Gasteiger charge is -2.03. The number of benzene rings is 2. The van der Waals surface area contributed by atoms with Crippen LogP contribution in [0, 0.1) is 12.3 Å². The van der Waals surface area contributed by atoms with E-state index in [-0.39, 0.29) is 5.91 Å². The monoisotopic (exact) mass is 382 g/mol. The molecule has 0 spiro atoms. The van der Waals surface area contributed by atoms with Crippen LogP contribution >= 0.6 is 23.1 Å². The number of ether oxygens (including phenoxy) is 1. The molecule has 0 aliphatic carbocycles. The van der Waals surface area contributed by atoms with Crippen LogP contribution in [0.3, 0.4) is 0 Å². The van der Waals surface area contributed by atoms with Crippen LogP contribution in [0.5, 0.6) is 5.75 Å². The number of hydrogen-bond acceptors (Lipinski definition) is 4. The van der Waals surface area contributed by atoms with Gasteiger partial charge in [-0.2, -0.15) is 4.99 Å². The lowest BCUT2D eigenvalue weighted by atomic mass is 10.2. The number of terminal acetylenes is 1. The number of fused-ring (bicyclic) bond motifs is 1. The fourth-order valence-corrected chi connectivity index (χ4v) is 3.99. The van der Waals surface area contributed by atoms with E-state index in [0.29, 0.717) is 23.5 Å². The first-order chi connectivity index (χ1) is 12.7. The molecule has 0 unspecified atom stereocenters. The predicted octanol–water partition coefficient (Wildman–Crippen LogP) is 4.20. The summed E-state index contributed by atoms with van der Waals surface area (Å²) in [6.07, 6.45) is 7.51. The van der Waals surface area contributed by atoms with Gasteiger partial charge in [-0.3, -0.25) is 4.79 Å². The zero-order valence-corrected chi connectivity index (χ0v) is 16.2. The summed E-state index contributed by atoms with van der Waals surface area (Å²) < 4.78 is 8.41. The molecule has 26 heavy (non-hydrogen) atoms. The van der Waals surface area contributed by atoms with Crippen molar-refractivity contribution in [3.63, 3.8) is 0 Å². The molecule has 1 aromatic heterocycles. The molecular formula is C20H18N2O2S2. The summed E-state index contributed by atoms with van der Waals surface area (Å²) in [5.41, 5.74) is 1.50. The smallest absolute Gasteiger partial charge is 0.279 e. The van der Waals surface area contributed by atoms with Gasteiger partial charge in [0.05, 0.1) is 23.4 Å². The molecule has 0 atom stereocenters. The van der Waals surface area contributed by atoms with E-state index in [9.17, 15) is 4.79 Å². The highest BCUT2D eigenvalue weighted by molar-refractivity contribution is 7.98. The zero-order valence-electron chi connectivity index (χ0n) is 14.6. The number of aromatic nitrogens is 1. The van der Waals surface area contributed by atoms with Crippen LogP contribution in [0.15, 0.2) is 52.4 Å². The number of nitrogens with zero attached hydrogens (tertiary/aromatic N) is 2. The van der Waals surface area contributed by atoms with E-state index >= 15 is 0 Å².